The zero-order valence-electron chi connectivity index (χ0n) is 11.9. The van der Waals surface area contributed by atoms with Crippen LogP contribution in [-0.2, 0) is 9.59 Å². The molecule has 0 aliphatic carbocycles. The number of hydrogen-bond acceptors (Lipinski definition) is 4. The van der Waals surface area contributed by atoms with Crippen molar-refractivity contribution in [1.29, 1.82) is 0 Å². The molecule has 0 saturated carbocycles. The van der Waals surface area contributed by atoms with Gasteiger partial charge in [0, 0.05) is 17.1 Å². The van der Waals surface area contributed by atoms with E-state index in [0.29, 0.717) is 17.0 Å². The van der Waals surface area contributed by atoms with Crippen LogP contribution in [0.4, 0.5) is 5.69 Å². The second-order valence-corrected chi connectivity index (χ2v) is 5.18. The first kappa shape index (κ1) is 15.7. The number of methoxy groups -OCH3 is 1. The summed E-state index contributed by atoms with van der Waals surface area (Å²) in [5.74, 6) is -0.899. The van der Waals surface area contributed by atoms with Gasteiger partial charge in [-0.2, -0.15) is 0 Å². The molecule has 1 amide bonds. The average molecular weight is 278 g/mol. The highest BCUT2D eigenvalue weighted by Gasteiger charge is 2.22. The molecule has 1 heterocycles. The number of aromatic nitrogens is 1. The maximum absolute atomic E-state index is 12.0. The summed E-state index contributed by atoms with van der Waals surface area (Å²) in [7, 11) is 1.45. The smallest absolute Gasteiger partial charge is 0.328 e. The van der Waals surface area contributed by atoms with E-state index in [1.807, 2.05) is 0 Å². The van der Waals surface area contributed by atoms with Crippen LogP contribution in [0.5, 0.6) is 5.75 Å². The van der Waals surface area contributed by atoms with E-state index in [1.165, 1.54) is 25.6 Å². The van der Waals surface area contributed by atoms with Crippen molar-refractivity contribution in [3.63, 3.8) is 0 Å². The van der Waals surface area contributed by atoms with E-state index in [4.69, 9.17) is 9.84 Å². The van der Waals surface area contributed by atoms with Gasteiger partial charge < -0.3 is 15.2 Å². The fourth-order valence-corrected chi connectivity index (χ4v) is 1.35. The highest BCUT2D eigenvalue weighted by Crippen LogP contribution is 2.28. The van der Waals surface area contributed by atoms with Gasteiger partial charge in [0.25, 0.3) is 0 Å². The van der Waals surface area contributed by atoms with E-state index in [1.54, 1.807) is 20.8 Å². The number of carboxylic acid groups (broad SMARTS) is 1. The zero-order valence-corrected chi connectivity index (χ0v) is 11.9. The van der Waals surface area contributed by atoms with Gasteiger partial charge in [0.1, 0.15) is 5.75 Å². The number of carbonyl (C=O) groups is 2. The van der Waals surface area contributed by atoms with Gasteiger partial charge in [0.2, 0.25) is 5.91 Å². The van der Waals surface area contributed by atoms with E-state index >= 15 is 0 Å². The van der Waals surface area contributed by atoms with Gasteiger partial charge >= 0.3 is 5.97 Å². The summed E-state index contributed by atoms with van der Waals surface area (Å²) in [4.78, 5) is 26.6. The molecule has 0 radical (unpaired) electrons. The highest BCUT2D eigenvalue weighted by molar-refractivity contribution is 5.97. The third-order valence-electron chi connectivity index (χ3n) is 2.49. The van der Waals surface area contributed by atoms with Gasteiger partial charge in [0.05, 0.1) is 25.2 Å². The lowest BCUT2D eigenvalue weighted by Gasteiger charge is -2.19. The average Bonchev–Trinajstić information content (AvgIpc) is 2.35. The SMILES string of the molecule is COc1cncc(NC(=O)C(C)(C)C)c1/C=C/C(=O)O. The van der Waals surface area contributed by atoms with Crippen molar-refractivity contribution in [2.45, 2.75) is 20.8 Å². The molecular formula is C14H18N2O4. The second-order valence-electron chi connectivity index (χ2n) is 5.18. The van der Waals surface area contributed by atoms with Crippen molar-refractivity contribution in [2.75, 3.05) is 12.4 Å². The Morgan fingerprint density at radius 3 is 2.50 bits per heavy atom. The Bertz CT molecular complexity index is 545. The summed E-state index contributed by atoms with van der Waals surface area (Å²) in [6, 6.07) is 0. The number of ether oxygens (including phenoxy) is 1. The van der Waals surface area contributed by atoms with Crippen LogP contribution >= 0.6 is 0 Å². The van der Waals surface area contributed by atoms with Gasteiger partial charge in [-0.3, -0.25) is 9.78 Å². The van der Waals surface area contributed by atoms with Crippen LogP contribution in [0.15, 0.2) is 18.5 Å². The number of carbonyl (C=O) groups excluding carboxylic acids is 1. The topological polar surface area (TPSA) is 88.5 Å². The molecule has 6 heteroatoms. The number of pyridine rings is 1. The maximum Gasteiger partial charge on any atom is 0.328 e. The van der Waals surface area contributed by atoms with E-state index < -0.39 is 11.4 Å². The number of amides is 1. The van der Waals surface area contributed by atoms with Gasteiger partial charge in [-0.05, 0) is 6.08 Å². The molecule has 2 N–H and O–H groups in total. The van der Waals surface area contributed by atoms with E-state index in [9.17, 15) is 9.59 Å². The normalized spacial score (nSPS) is 11.4. The fourth-order valence-electron chi connectivity index (χ4n) is 1.35. The van der Waals surface area contributed by atoms with Crippen molar-refractivity contribution < 1.29 is 19.4 Å². The maximum atomic E-state index is 12.0. The molecule has 0 fully saturated rings. The van der Waals surface area contributed by atoms with Crippen molar-refractivity contribution >= 4 is 23.6 Å². The Morgan fingerprint density at radius 1 is 1.35 bits per heavy atom. The van der Waals surface area contributed by atoms with Crippen LogP contribution < -0.4 is 10.1 Å². The number of nitrogens with one attached hydrogen (secondary N) is 1. The lowest BCUT2D eigenvalue weighted by atomic mass is 9.95. The third kappa shape index (κ3) is 4.08. The zero-order chi connectivity index (χ0) is 15.3. The minimum atomic E-state index is -1.09. The number of carboxylic acids is 1. The summed E-state index contributed by atoms with van der Waals surface area (Å²) in [5, 5.41) is 11.4. The molecule has 0 unspecified atom stereocenters. The lowest BCUT2D eigenvalue weighted by Crippen LogP contribution is -2.28. The van der Waals surface area contributed by atoms with Crippen molar-refractivity contribution in [3.8, 4) is 5.75 Å². The quantitative estimate of drug-likeness (QED) is 0.824. The Hall–Kier alpha value is -2.37. The number of aliphatic carboxylic acids is 1. The van der Waals surface area contributed by atoms with Crippen LogP contribution in [0, 0.1) is 5.41 Å². The number of hydrogen-bond donors (Lipinski definition) is 2. The predicted octanol–water partition coefficient (Wildman–Crippen LogP) is 2.17. The molecule has 0 atom stereocenters. The first-order valence-electron chi connectivity index (χ1n) is 6.00. The van der Waals surface area contributed by atoms with Gasteiger partial charge in [-0.25, -0.2) is 4.79 Å². The minimum Gasteiger partial charge on any atom is -0.494 e. The van der Waals surface area contributed by atoms with Crippen molar-refractivity contribution in [2.24, 2.45) is 5.41 Å². The van der Waals surface area contributed by atoms with Crippen LogP contribution in [0.25, 0.3) is 6.08 Å². The van der Waals surface area contributed by atoms with Gasteiger partial charge in [0.15, 0.2) is 0 Å². The summed E-state index contributed by atoms with van der Waals surface area (Å²) in [6.07, 6.45) is 5.24. The Labute approximate surface area is 117 Å². The van der Waals surface area contributed by atoms with Gasteiger partial charge in [-0.1, -0.05) is 20.8 Å². The molecule has 0 aliphatic rings. The fraction of sp³-hybridized carbons (Fsp3) is 0.357. The minimum absolute atomic E-state index is 0.197. The van der Waals surface area contributed by atoms with E-state index in [-0.39, 0.29) is 5.91 Å². The van der Waals surface area contributed by atoms with Crippen molar-refractivity contribution in [1.82, 2.24) is 4.98 Å². The van der Waals surface area contributed by atoms with Crippen molar-refractivity contribution in [3.05, 3.63) is 24.0 Å². The molecule has 108 valence electrons. The highest BCUT2D eigenvalue weighted by atomic mass is 16.5. The van der Waals surface area contributed by atoms with E-state index in [0.717, 1.165) is 6.08 Å². The third-order valence-corrected chi connectivity index (χ3v) is 2.49. The van der Waals surface area contributed by atoms with Crippen LogP contribution in [0.2, 0.25) is 0 Å². The number of nitrogens with zero attached hydrogens (tertiary/aromatic N) is 1. The molecule has 0 aliphatic heterocycles. The first-order chi connectivity index (χ1) is 9.25. The Balaban J connectivity index is 3.19. The largest absolute Gasteiger partial charge is 0.494 e. The molecule has 0 saturated heterocycles. The summed E-state index contributed by atoms with van der Waals surface area (Å²) < 4.78 is 5.13. The van der Waals surface area contributed by atoms with Crippen LogP contribution in [-0.4, -0.2) is 29.1 Å². The number of rotatable bonds is 4. The molecule has 1 aromatic rings. The molecule has 20 heavy (non-hydrogen) atoms. The molecule has 0 bridgehead atoms. The lowest BCUT2D eigenvalue weighted by molar-refractivity contribution is -0.131. The number of anilines is 1. The summed E-state index contributed by atoms with van der Waals surface area (Å²) >= 11 is 0. The predicted molar refractivity (Wildman–Crippen MR) is 75.5 cm³/mol. The summed E-state index contributed by atoms with van der Waals surface area (Å²) in [6.45, 7) is 5.34. The van der Waals surface area contributed by atoms with Crippen LogP contribution in [0.3, 0.4) is 0 Å². The molecule has 0 spiro atoms. The molecule has 6 nitrogen and oxygen atoms in total. The second kappa shape index (κ2) is 6.18. The molecular weight excluding hydrogens is 260 g/mol. The molecule has 1 aromatic heterocycles. The Morgan fingerprint density at radius 2 is 2.00 bits per heavy atom. The summed E-state index contributed by atoms with van der Waals surface area (Å²) in [5.41, 5.74) is 0.293. The Kier molecular flexibility index (Phi) is 4.85. The monoisotopic (exact) mass is 278 g/mol. The van der Waals surface area contributed by atoms with Crippen LogP contribution in [0.1, 0.15) is 26.3 Å². The van der Waals surface area contributed by atoms with E-state index in [2.05, 4.69) is 10.3 Å². The first-order valence-corrected chi connectivity index (χ1v) is 6.00. The standard InChI is InChI=1S/C14H18N2O4/c1-14(2,3)13(19)16-10-7-15-8-11(20-4)9(10)5-6-12(17)18/h5-8H,1-4H3,(H,16,19)(H,17,18)/b6-5+. The molecule has 1 rings (SSSR count). The molecule has 0 aromatic carbocycles. The van der Waals surface area contributed by atoms with Gasteiger partial charge in [-0.15, -0.1) is 0 Å².